The highest BCUT2D eigenvalue weighted by molar-refractivity contribution is 7.91. The van der Waals surface area contributed by atoms with Crippen LogP contribution in [0.3, 0.4) is 0 Å². The fourth-order valence-corrected chi connectivity index (χ4v) is 5.53. The maximum atomic E-state index is 12.5. The van der Waals surface area contributed by atoms with Crippen LogP contribution in [0.2, 0.25) is 0 Å². The first kappa shape index (κ1) is 17.1. The molecule has 1 saturated heterocycles. The van der Waals surface area contributed by atoms with Crippen molar-refractivity contribution in [3.05, 3.63) is 29.8 Å². The number of hydrogen-bond acceptors (Lipinski definition) is 5. The lowest BCUT2D eigenvalue weighted by atomic mass is 10.2. The lowest BCUT2D eigenvalue weighted by Gasteiger charge is -2.12. The summed E-state index contributed by atoms with van der Waals surface area (Å²) in [6, 6.07) is 3.51. The van der Waals surface area contributed by atoms with Crippen LogP contribution in [-0.2, 0) is 26.1 Å². The molecule has 0 aliphatic carbocycles. The van der Waals surface area contributed by atoms with E-state index in [9.17, 15) is 30.0 Å². The molecule has 0 radical (unpaired) electrons. The highest BCUT2D eigenvalue weighted by atomic mass is 32.2. The molecule has 1 fully saturated rings. The standard InChI is InChI=1S/C12H13F3O5S2/c13-12(14,15)10-2-1-3-11(6-10)20-22(18,19)8-9-4-5-21(16,17)7-9/h1-3,6,9H,4-5,7-8H2. The molecule has 22 heavy (non-hydrogen) atoms. The molecule has 0 N–H and O–H groups in total. The molecule has 1 heterocycles. The second-order valence-corrected chi connectivity index (χ2v) is 8.95. The SMILES string of the molecule is O=S1(=O)CCC(CS(=O)(=O)Oc2cccc(C(F)(F)F)c2)C1. The number of rotatable bonds is 4. The summed E-state index contributed by atoms with van der Waals surface area (Å²) in [7, 11) is -7.40. The zero-order valence-electron chi connectivity index (χ0n) is 11.2. The number of alkyl halides is 3. The Labute approximate surface area is 126 Å². The first-order valence-electron chi connectivity index (χ1n) is 6.27. The van der Waals surface area contributed by atoms with Gasteiger partial charge in [0.05, 0.1) is 22.8 Å². The van der Waals surface area contributed by atoms with Gasteiger partial charge in [-0.05, 0) is 30.5 Å². The Kier molecular flexibility index (Phi) is 4.44. The fraction of sp³-hybridized carbons (Fsp3) is 0.500. The summed E-state index contributed by atoms with van der Waals surface area (Å²) in [6.07, 6.45) is -4.41. The zero-order chi connectivity index (χ0) is 16.6. The molecule has 1 aromatic rings. The van der Waals surface area contributed by atoms with E-state index >= 15 is 0 Å². The van der Waals surface area contributed by atoms with Crippen molar-refractivity contribution in [3.63, 3.8) is 0 Å². The molecule has 1 aliphatic heterocycles. The van der Waals surface area contributed by atoms with Gasteiger partial charge in [-0.1, -0.05) is 6.07 Å². The molecule has 2 rings (SSSR count). The van der Waals surface area contributed by atoms with Gasteiger partial charge in [-0.25, -0.2) is 8.42 Å². The molecule has 0 spiro atoms. The van der Waals surface area contributed by atoms with Gasteiger partial charge in [0, 0.05) is 0 Å². The van der Waals surface area contributed by atoms with Crippen molar-refractivity contribution in [2.45, 2.75) is 12.6 Å². The van der Waals surface area contributed by atoms with Crippen molar-refractivity contribution in [2.24, 2.45) is 5.92 Å². The van der Waals surface area contributed by atoms with E-state index in [2.05, 4.69) is 4.18 Å². The van der Waals surface area contributed by atoms with Crippen LogP contribution >= 0.6 is 0 Å². The third kappa shape index (κ3) is 4.60. The van der Waals surface area contributed by atoms with Gasteiger partial charge in [0.25, 0.3) is 0 Å². The second kappa shape index (κ2) is 5.73. The minimum absolute atomic E-state index is 0.0866. The van der Waals surface area contributed by atoms with Gasteiger partial charge in [-0.2, -0.15) is 21.6 Å². The molecule has 1 unspecified atom stereocenters. The quantitative estimate of drug-likeness (QED) is 0.768. The van der Waals surface area contributed by atoms with Crippen LogP contribution in [0, 0.1) is 5.92 Å². The minimum atomic E-state index is -4.61. The maximum Gasteiger partial charge on any atom is 0.416 e. The van der Waals surface area contributed by atoms with E-state index in [0.717, 1.165) is 18.2 Å². The predicted octanol–water partition coefficient (Wildman–Crippen LogP) is 1.85. The monoisotopic (exact) mass is 358 g/mol. The Bertz CT molecular complexity index is 753. The van der Waals surface area contributed by atoms with Gasteiger partial charge >= 0.3 is 16.3 Å². The van der Waals surface area contributed by atoms with Crippen molar-refractivity contribution in [1.82, 2.24) is 0 Å². The zero-order valence-corrected chi connectivity index (χ0v) is 12.8. The topological polar surface area (TPSA) is 77.5 Å². The van der Waals surface area contributed by atoms with Crippen molar-refractivity contribution >= 4 is 20.0 Å². The largest absolute Gasteiger partial charge is 0.416 e. The number of benzene rings is 1. The van der Waals surface area contributed by atoms with E-state index in [1.807, 2.05) is 0 Å². The van der Waals surface area contributed by atoms with E-state index in [-0.39, 0.29) is 17.9 Å². The lowest BCUT2D eigenvalue weighted by molar-refractivity contribution is -0.137. The van der Waals surface area contributed by atoms with E-state index in [0.29, 0.717) is 6.07 Å². The molecule has 1 aliphatic rings. The smallest absolute Gasteiger partial charge is 0.382 e. The Morgan fingerprint density at radius 1 is 1.27 bits per heavy atom. The van der Waals surface area contributed by atoms with Crippen molar-refractivity contribution in [1.29, 1.82) is 0 Å². The van der Waals surface area contributed by atoms with Crippen LogP contribution in [0.15, 0.2) is 24.3 Å². The summed E-state index contributed by atoms with van der Waals surface area (Å²) < 4.78 is 88.5. The maximum absolute atomic E-state index is 12.5. The summed E-state index contributed by atoms with van der Waals surface area (Å²) >= 11 is 0. The van der Waals surface area contributed by atoms with Crippen LogP contribution in [0.4, 0.5) is 13.2 Å². The summed E-state index contributed by atoms with van der Waals surface area (Å²) in [5.41, 5.74) is -1.02. The molecular formula is C12H13F3O5S2. The average Bonchev–Trinajstić information content (AvgIpc) is 2.66. The first-order valence-corrected chi connectivity index (χ1v) is 9.67. The van der Waals surface area contributed by atoms with Crippen LogP contribution in [0.1, 0.15) is 12.0 Å². The molecule has 5 nitrogen and oxygen atoms in total. The minimum Gasteiger partial charge on any atom is -0.382 e. The van der Waals surface area contributed by atoms with Gasteiger partial charge in [-0.3, -0.25) is 0 Å². The molecule has 1 atom stereocenters. The normalized spacial score (nSPS) is 21.7. The Balaban J connectivity index is 2.09. The first-order chi connectivity index (χ1) is 9.97. The van der Waals surface area contributed by atoms with E-state index in [4.69, 9.17) is 0 Å². The fourth-order valence-electron chi connectivity index (χ4n) is 2.20. The highest BCUT2D eigenvalue weighted by Crippen LogP contribution is 2.32. The molecule has 0 bridgehead atoms. The highest BCUT2D eigenvalue weighted by Gasteiger charge is 2.33. The lowest BCUT2D eigenvalue weighted by Crippen LogP contribution is -2.22. The molecular weight excluding hydrogens is 345 g/mol. The molecule has 124 valence electrons. The number of hydrogen-bond donors (Lipinski definition) is 0. The summed E-state index contributed by atoms with van der Waals surface area (Å²) in [6.45, 7) is 0. The summed E-state index contributed by atoms with van der Waals surface area (Å²) in [5.74, 6) is -1.92. The van der Waals surface area contributed by atoms with Gasteiger partial charge < -0.3 is 4.18 Å². The van der Waals surface area contributed by atoms with Gasteiger partial charge in [0.15, 0.2) is 9.84 Å². The van der Waals surface area contributed by atoms with Crippen LogP contribution in [0.25, 0.3) is 0 Å². The second-order valence-electron chi connectivity index (χ2n) is 5.10. The molecule has 1 aromatic carbocycles. The Morgan fingerprint density at radius 3 is 2.50 bits per heavy atom. The van der Waals surface area contributed by atoms with Gasteiger partial charge in [0.2, 0.25) is 0 Å². The number of sulfone groups is 1. The third-order valence-corrected chi connectivity index (χ3v) is 6.31. The van der Waals surface area contributed by atoms with Crippen molar-refractivity contribution < 1.29 is 34.2 Å². The molecule has 10 heteroatoms. The summed E-state index contributed by atoms with van der Waals surface area (Å²) in [5, 5.41) is 0. The van der Waals surface area contributed by atoms with Crippen molar-refractivity contribution in [3.8, 4) is 5.75 Å². The Morgan fingerprint density at radius 2 is 1.95 bits per heavy atom. The third-order valence-electron chi connectivity index (χ3n) is 3.15. The van der Waals surface area contributed by atoms with E-state index in [1.165, 1.54) is 0 Å². The summed E-state index contributed by atoms with van der Waals surface area (Å²) in [4.78, 5) is 0. The average molecular weight is 358 g/mol. The van der Waals surface area contributed by atoms with Crippen LogP contribution in [-0.4, -0.2) is 34.1 Å². The number of halogens is 3. The van der Waals surface area contributed by atoms with Crippen molar-refractivity contribution in [2.75, 3.05) is 17.3 Å². The van der Waals surface area contributed by atoms with E-state index < -0.39 is 49.1 Å². The van der Waals surface area contributed by atoms with Gasteiger partial charge in [-0.15, -0.1) is 0 Å². The van der Waals surface area contributed by atoms with Crippen LogP contribution in [0.5, 0.6) is 5.75 Å². The van der Waals surface area contributed by atoms with Gasteiger partial charge in [0.1, 0.15) is 5.75 Å². The van der Waals surface area contributed by atoms with E-state index in [1.54, 1.807) is 0 Å². The molecule has 0 aromatic heterocycles. The van der Waals surface area contributed by atoms with Crippen LogP contribution < -0.4 is 4.18 Å². The molecule has 0 saturated carbocycles. The predicted molar refractivity (Wildman–Crippen MR) is 72.6 cm³/mol. The Hall–Kier alpha value is -1.29. The molecule has 0 amide bonds.